The second-order valence-electron chi connectivity index (χ2n) is 2.04. The topological polar surface area (TPSA) is 26.3 Å². The van der Waals surface area contributed by atoms with Gasteiger partial charge in [-0.1, -0.05) is 18.2 Å². The number of esters is 1. The lowest BCUT2D eigenvalue weighted by Gasteiger charge is -2.11. The number of rotatable bonds is 1. The summed E-state index contributed by atoms with van der Waals surface area (Å²) in [6.45, 7) is 1.35. The van der Waals surface area contributed by atoms with Crippen LogP contribution in [0.5, 0.6) is 5.75 Å². The van der Waals surface area contributed by atoms with Crippen molar-refractivity contribution in [2.75, 3.05) is 0 Å². The minimum atomic E-state index is -0.345. The number of carbonyl (C=O) groups is 1. The van der Waals surface area contributed by atoms with E-state index in [1.807, 2.05) is 0 Å². The Morgan fingerprint density at radius 3 is 2.64 bits per heavy atom. The molecule has 0 aliphatic carbocycles. The Bertz CT molecular complexity index is 271. The lowest BCUT2D eigenvalue weighted by Crippen LogP contribution is -2.01. The van der Waals surface area contributed by atoms with E-state index in [1.165, 1.54) is 6.92 Å². The molecule has 0 unspecified atom stereocenters. The monoisotopic (exact) mass is 167 g/mol. The number of carbonyl (C=O) groups excluding carboxylic acids is 1. The molecular weight excluding hydrogens is 160 g/mol. The Morgan fingerprint density at radius 2 is 2.09 bits per heavy atom. The van der Waals surface area contributed by atoms with E-state index in [0.717, 1.165) is 0 Å². The van der Waals surface area contributed by atoms with Crippen molar-refractivity contribution in [3.05, 3.63) is 24.3 Å². The highest BCUT2D eigenvalue weighted by Gasteiger charge is 1.94. The summed E-state index contributed by atoms with van der Waals surface area (Å²) in [5.41, 5.74) is 0. The molecule has 0 heterocycles. The van der Waals surface area contributed by atoms with Crippen LogP contribution in [0.25, 0.3) is 0 Å². The number of benzene rings is 1. The van der Waals surface area contributed by atoms with Crippen LogP contribution in [0.1, 0.15) is 6.92 Å². The zero-order valence-electron chi connectivity index (χ0n) is 6.03. The van der Waals surface area contributed by atoms with Gasteiger partial charge in [0, 0.05) is 6.92 Å². The fraction of sp³-hybridized carbons (Fsp3) is 0.125. The van der Waals surface area contributed by atoms with Crippen LogP contribution in [0.15, 0.2) is 29.2 Å². The molecule has 0 N–H and O–H groups in total. The van der Waals surface area contributed by atoms with E-state index in [-0.39, 0.29) is 5.97 Å². The first kappa shape index (κ1) is 8.01. The lowest BCUT2D eigenvalue weighted by molar-refractivity contribution is -0.132. The van der Waals surface area contributed by atoms with Gasteiger partial charge in [0.2, 0.25) is 0 Å². The van der Waals surface area contributed by atoms with Gasteiger partial charge in [-0.05, 0) is 6.07 Å². The van der Waals surface area contributed by atoms with Gasteiger partial charge in [-0.2, -0.15) is 0 Å². The minimum absolute atomic E-state index is 0.345. The van der Waals surface area contributed by atoms with Crippen LogP contribution in [-0.4, -0.2) is 5.97 Å². The molecule has 0 aliphatic heterocycles. The van der Waals surface area contributed by atoms with Gasteiger partial charge in [-0.3, -0.25) is 4.79 Å². The predicted molar refractivity (Wildman–Crippen MR) is 43.4 cm³/mol. The number of hydrogen-bond donors (Lipinski definition) is 0. The molecule has 2 nitrogen and oxygen atoms in total. The van der Waals surface area contributed by atoms with Crippen molar-refractivity contribution in [1.82, 2.24) is 0 Å². The maximum atomic E-state index is 10.5. The summed E-state index contributed by atoms with van der Waals surface area (Å²) in [7, 11) is 0. The van der Waals surface area contributed by atoms with Gasteiger partial charge < -0.3 is 17.4 Å². The van der Waals surface area contributed by atoms with Crippen molar-refractivity contribution >= 4 is 18.6 Å². The maximum Gasteiger partial charge on any atom is 0.307 e. The highest BCUT2D eigenvalue weighted by atomic mass is 32.1. The van der Waals surface area contributed by atoms with E-state index < -0.39 is 0 Å². The molecule has 0 amide bonds. The third-order valence-corrected chi connectivity index (χ3v) is 1.44. The van der Waals surface area contributed by atoms with Crippen LogP contribution in [0.3, 0.4) is 0 Å². The first-order valence-electron chi connectivity index (χ1n) is 3.14. The van der Waals surface area contributed by atoms with E-state index in [0.29, 0.717) is 10.6 Å². The summed E-state index contributed by atoms with van der Waals surface area (Å²) in [4.78, 5) is 11.1. The first-order valence-corrected chi connectivity index (χ1v) is 3.55. The van der Waals surface area contributed by atoms with Crippen molar-refractivity contribution in [3.8, 4) is 5.75 Å². The van der Waals surface area contributed by atoms with Gasteiger partial charge in [0.15, 0.2) is 0 Å². The molecule has 0 saturated heterocycles. The van der Waals surface area contributed by atoms with Gasteiger partial charge >= 0.3 is 5.97 Å². The molecular formula is C8H7O2S-. The normalized spacial score (nSPS) is 9.18. The fourth-order valence-corrected chi connectivity index (χ4v) is 0.878. The third-order valence-electron chi connectivity index (χ3n) is 1.10. The summed E-state index contributed by atoms with van der Waals surface area (Å²) in [5.74, 6) is 0.109. The summed E-state index contributed by atoms with van der Waals surface area (Å²) >= 11 is 4.89. The number of ether oxygens (including phenoxy) is 1. The number of hydrogen-bond acceptors (Lipinski definition) is 3. The zero-order valence-corrected chi connectivity index (χ0v) is 6.85. The van der Waals surface area contributed by atoms with Crippen LogP contribution >= 0.6 is 0 Å². The molecule has 0 atom stereocenters. The smallest absolute Gasteiger partial charge is 0.307 e. The molecule has 1 rings (SSSR count). The second-order valence-corrected chi connectivity index (χ2v) is 2.48. The molecule has 58 valence electrons. The Morgan fingerprint density at radius 1 is 1.45 bits per heavy atom. The lowest BCUT2D eigenvalue weighted by atomic mass is 10.3. The van der Waals surface area contributed by atoms with Crippen LogP contribution in [0, 0.1) is 0 Å². The van der Waals surface area contributed by atoms with Crippen LogP contribution in [-0.2, 0) is 17.4 Å². The molecule has 0 aliphatic rings. The molecule has 0 radical (unpaired) electrons. The number of para-hydroxylation sites is 1. The molecule has 0 saturated carbocycles. The Balaban J connectivity index is 2.86. The minimum Gasteiger partial charge on any atom is -0.776 e. The molecule has 0 spiro atoms. The standard InChI is InChI=1S/C8H8O2S/c1-6(9)10-7-4-2-3-5-8(7)11/h2-5,11H,1H3/p-1. The zero-order chi connectivity index (χ0) is 8.27. The molecule has 1 aromatic rings. The molecule has 0 fully saturated rings. The molecule has 3 heteroatoms. The van der Waals surface area contributed by atoms with Crippen molar-refractivity contribution in [2.45, 2.75) is 11.8 Å². The van der Waals surface area contributed by atoms with E-state index in [2.05, 4.69) is 0 Å². The fourth-order valence-electron chi connectivity index (χ4n) is 0.689. The third kappa shape index (κ3) is 2.20. The second kappa shape index (κ2) is 3.34. The van der Waals surface area contributed by atoms with Crippen LogP contribution in [0.2, 0.25) is 0 Å². The maximum absolute atomic E-state index is 10.5. The van der Waals surface area contributed by atoms with Crippen LogP contribution < -0.4 is 4.74 Å². The molecule has 1 aromatic carbocycles. The Kier molecular flexibility index (Phi) is 2.44. The molecule has 11 heavy (non-hydrogen) atoms. The highest BCUT2D eigenvalue weighted by molar-refractivity contribution is 7.59. The largest absolute Gasteiger partial charge is 0.776 e. The van der Waals surface area contributed by atoms with Crippen molar-refractivity contribution in [3.63, 3.8) is 0 Å². The van der Waals surface area contributed by atoms with Crippen molar-refractivity contribution in [2.24, 2.45) is 0 Å². The molecule has 0 bridgehead atoms. The average molecular weight is 167 g/mol. The van der Waals surface area contributed by atoms with Gasteiger partial charge in [-0.25, -0.2) is 0 Å². The van der Waals surface area contributed by atoms with E-state index >= 15 is 0 Å². The van der Waals surface area contributed by atoms with Crippen molar-refractivity contribution < 1.29 is 9.53 Å². The Hall–Kier alpha value is -1.09. The van der Waals surface area contributed by atoms with Crippen LogP contribution in [0.4, 0.5) is 0 Å². The predicted octanol–water partition coefficient (Wildman–Crippen LogP) is 1.52. The first-order chi connectivity index (χ1) is 5.20. The van der Waals surface area contributed by atoms with E-state index in [9.17, 15) is 4.79 Å². The summed E-state index contributed by atoms with van der Waals surface area (Å²) in [6.07, 6.45) is 0. The van der Waals surface area contributed by atoms with Crippen molar-refractivity contribution in [1.29, 1.82) is 0 Å². The average Bonchev–Trinajstić information content (AvgIpc) is 1.93. The summed E-state index contributed by atoms with van der Waals surface area (Å²) in [5, 5.41) is 0. The van der Waals surface area contributed by atoms with Gasteiger partial charge in [0.1, 0.15) is 5.75 Å². The highest BCUT2D eigenvalue weighted by Crippen LogP contribution is 2.16. The summed E-state index contributed by atoms with van der Waals surface area (Å²) in [6, 6.07) is 6.96. The van der Waals surface area contributed by atoms with Gasteiger partial charge in [0.05, 0.1) is 0 Å². The van der Waals surface area contributed by atoms with E-state index in [1.54, 1.807) is 24.3 Å². The Labute approximate surface area is 70.6 Å². The molecule has 0 aromatic heterocycles. The SMILES string of the molecule is CC(=O)Oc1ccccc1[S-]. The quantitative estimate of drug-likeness (QED) is 0.360. The van der Waals surface area contributed by atoms with Gasteiger partial charge in [-0.15, -0.1) is 4.90 Å². The summed E-state index contributed by atoms with van der Waals surface area (Å²) < 4.78 is 4.80. The van der Waals surface area contributed by atoms with Gasteiger partial charge in [0.25, 0.3) is 0 Å². The van der Waals surface area contributed by atoms with E-state index in [4.69, 9.17) is 17.4 Å².